The van der Waals surface area contributed by atoms with Gasteiger partial charge in [-0.1, -0.05) is 40.2 Å². The molecule has 3 aromatic rings. The Morgan fingerprint density at radius 1 is 1.24 bits per heavy atom. The van der Waals surface area contributed by atoms with Crippen molar-refractivity contribution in [1.29, 1.82) is 0 Å². The first-order valence-corrected chi connectivity index (χ1v) is 10.1. The molecule has 0 aliphatic rings. The number of nitrogens with zero attached hydrogens (tertiary/aromatic N) is 3. The summed E-state index contributed by atoms with van der Waals surface area (Å²) in [4.78, 5) is 14.7. The van der Waals surface area contributed by atoms with Gasteiger partial charge in [-0.3, -0.25) is 4.79 Å². The lowest BCUT2D eigenvalue weighted by Gasteiger charge is -2.22. The summed E-state index contributed by atoms with van der Waals surface area (Å²) in [5.41, 5.74) is 4.04. The summed E-state index contributed by atoms with van der Waals surface area (Å²) in [6, 6.07) is 14.5. The molecule has 0 atom stereocenters. The van der Waals surface area contributed by atoms with Crippen LogP contribution in [-0.4, -0.2) is 27.1 Å². The molecule has 0 saturated carbocycles. The summed E-state index contributed by atoms with van der Waals surface area (Å²) in [7, 11) is 0. The van der Waals surface area contributed by atoms with E-state index in [1.165, 1.54) is 6.07 Å². The lowest BCUT2D eigenvalue weighted by molar-refractivity contribution is -0.130. The van der Waals surface area contributed by atoms with Crippen LogP contribution in [0.2, 0.25) is 0 Å². The van der Waals surface area contributed by atoms with E-state index in [1.807, 2.05) is 48.9 Å². The van der Waals surface area contributed by atoms with Gasteiger partial charge in [-0.05, 0) is 44.2 Å². The zero-order valence-corrected chi connectivity index (χ0v) is 18.1. The van der Waals surface area contributed by atoms with E-state index >= 15 is 0 Å². The Bertz CT molecular complexity index is 1030. The van der Waals surface area contributed by atoms with Gasteiger partial charge in [-0.2, -0.15) is 5.10 Å². The zero-order chi connectivity index (χ0) is 21.0. The molecule has 0 N–H and O–H groups in total. The zero-order valence-electron chi connectivity index (χ0n) is 16.5. The molecule has 1 aromatic heterocycles. The van der Waals surface area contributed by atoms with E-state index < -0.39 is 0 Å². The Hall–Kier alpha value is -2.73. The largest absolute Gasteiger partial charge is 0.334 e. The second kappa shape index (κ2) is 9.18. The molecule has 3 rings (SSSR count). The van der Waals surface area contributed by atoms with Crippen LogP contribution in [0.15, 0.2) is 65.7 Å². The van der Waals surface area contributed by atoms with Gasteiger partial charge in [-0.15, -0.1) is 6.58 Å². The lowest BCUT2D eigenvalue weighted by atomic mass is 10.1. The number of amides is 1. The van der Waals surface area contributed by atoms with Crippen LogP contribution in [0.1, 0.15) is 22.5 Å². The van der Waals surface area contributed by atoms with Crippen LogP contribution in [0.4, 0.5) is 4.39 Å². The van der Waals surface area contributed by atoms with Gasteiger partial charge < -0.3 is 4.90 Å². The minimum absolute atomic E-state index is 0.0944. The molecule has 0 aliphatic carbocycles. The van der Waals surface area contributed by atoms with Gasteiger partial charge in [0.1, 0.15) is 5.82 Å². The Balaban J connectivity index is 1.84. The SMILES string of the molecule is C=CCN(Cc1cc(Br)ccc1F)C(=O)Cc1c(C)nn(-c2ccccc2)c1C. The summed E-state index contributed by atoms with van der Waals surface area (Å²) >= 11 is 3.36. The van der Waals surface area contributed by atoms with Crippen molar-refractivity contribution in [2.45, 2.75) is 26.8 Å². The molecule has 150 valence electrons. The monoisotopic (exact) mass is 455 g/mol. The molecule has 1 amide bonds. The highest BCUT2D eigenvalue weighted by Crippen LogP contribution is 2.21. The molecule has 29 heavy (non-hydrogen) atoms. The van der Waals surface area contributed by atoms with Crippen molar-refractivity contribution in [3.63, 3.8) is 0 Å². The molecular formula is C23H23BrFN3O. The maximum Gasteiger partial charge on any atom is 0.227 e. The van der Waals surface area contributed by atoms with E-state index in [2.05, 4.69) is 27.6 Å². The highest BCUT2D eigenvalue weighted by Gasteiger charge is 2.20. The number of carbonyl (C=O) groups is 1. The Morgan fingerprint density at radius 3 is 2.66 bits per heavy atom. The number of hydrogen-bond donors (Lipinski definition) is 0. The van der Waals surface area contributed by atoms with Gasteiger partial charge in [0.05, 0.1) is 17.8 Å². The van der Waals surface area contributed by atoms with Crippen molar-refractivity contribution in [3.8, 4) is 5.69 Å². The fourth-order valence-electron chi connectivity index (χ4n) is 3.29. The first kappa shape index (κ1) is 21.0. The maximum atomic E-state index is 14.2. The van der Waals surface area contributed by atoms with Gasteiger partial charge in [0.25, 0.3) is 0 Å². The molecule has 6 heteroatoms. The van der Waals surface area contributed by atoms with Crippen LogP contribution < -0.4 is 0 Å². The molecule has 0 bridgehead atoms. The molecule has 2 aromatic carbocycles. The number of rotatable bonds is 7. The first-order chi connectivity index (χ1) is 13.9. The molecular weight excluding hydrogens is 433 g/mol. The third-order valence-corrected chi connectivity index (χ3v) is 5.33. The number of carbonyl (C=O) groups excluding carboxylic acids is 1. The van der Waals surface area contributed by atoms with Gasteiger partial charge in [0, 0.05) is 34.4 Å². The van der Waals surface area contributed by atoms with Crippen LogP contribution in [0.5, 0.6) is 0 Å². The van der Waals surface area contributed by atoms with Crippen LogP contribution in [0, 0.1) is 19.7 Å². The third-order valence-electron chi connectivity index (χ3n) is 4.84. The minimum Gasteiger partial charge on any atom is -0.334 e. The second-order valence-corrected chi connectivity index (χ2v) is 7.79. The van der Waals surface area contributed by atoms with E-state index in [-0.39, 0.29) is 24.7 Å². The van der Waals surface area contributed by atoms with E-state index in [0.29, 0.717) is 12.1 Å². The van der Waals surface area contributed by atoms with Crippen molar-refractivity contribution < 1.29 is 9.18 Å². The first-order valence-electron chi connectivity index (χ1n) is 9.33. The van der Waals surface area contributed by atoms with Crippen molar-refractivity contribution in [2.24, 2.45) is 0 Å². The number of aromatic nitrogens is 2. The average molecular weight is 456 g/mol. The van der Waals surface area contributed by atoms with Crippen LogP contribution in [-0.2, 0) is 17.8 Å². The molecule has 4 nitrogen and oxygen atoms in total. The van der Waals surface area contributed by atoms with Crippen LogP contribution in [0.3, 0.4) is 0 Å². The summed E-state index contributed by atoms with van der Waals surface area (Å²) in [5, 5.41) is 4.61. The number of hydrogen-bond acceptors (Lipinski definition) is 2. The molecule has 0 fully saturated rings. The van der Waals surface area contributed by atoms with E-state index in [9.17, 15) is 9.18 Å². The quantitative estimate of drug-likeness (QED) is 0.462. The van der Waals surface area contributed by atoms with Crippen LogP contribution >= 0.6 is 15.9 Å². The number of para-hydroxylation sites is 1. The summed E-state index contributed by atoms with van der Waals surface area (Å²) in [6.07, 6.45) is 1.86. The fourth-order valence-corrected chi connectivity index (χ4v) is 3.70. The average Bonchev–Trinajstić information content (AvgIpc) is 2.99. The van der Waals surface area contributed by atoms with Crippen molar-refractivity contribution in [2.75, 3.05) is 6.54 Å². The van der Waals surface area contributed by atoms with Crippen molar-refractivity contribution in [3.05, 3.63) is 94.0 Å². The fraction of sp³-hybridized carbons (Fsp3) is 0.217. The number of halogens is 2. The minimum atomic E-state index is -0.334. The summed E-state index contributed by atoms with van der Waals surface area (Å²) in [6.45, 7) is 8.13. The van der Waals surface area contributed by atoms with Crippen molar-refractivity contribution in [1.82, 2.24) is 14.7 Å². The lowest BCUT2D eigenvalue weighted by Crippen LogP contribution is -2.32. The maximum absolute atomic E-state index is 14.2. The molecule has 0 unspecified atom stereocenters. The molecule has 0 spiro atoms. The highest BCUT2D eigenvalue weighted by molar-refractivity contribution is 9.10. The second-order valence-electron chi connectivity index (χ2n) is 6.87. The van der Waals surface area contributed by atoms with Gasteiger partial charge >= 0.3 is 0 Å². The smallest absolute Gasteiger partial charge is 0.227 e. The van der Waals surface area contributed by atoms with E-state index in [4.69, 9.17) is 0 Å². The number of benzene rings is 2. The predicted octanol–water partition coefficient (Wildman–Crippen LogP) is 5.15. The Labute approximate surface area is 178 Å². The van der Waals surface area contributed by atoms with Gasteiger partial charge in [-0.25, -0.2) is 9.07 Å². The Morgan fingerprint density at radius 2 is 1.97 bits per heavy atom. The molecule has 0 aliphatic heterocycles. The van der Waals surface area contributed by atoms with E-state index in [0.717, 1.165) is 27.1 Å². The third kappa shape index (κ3) is 4.82. The molecule has 0 saturated heterocycles. The van der Waals surface area contributed by atoms with Crippen LogP contribution in [0.25, 0.3) is 5.69 Å². The standard InChI is InChI=1S/C23H23BrFN3O/c1-4-12-27(15-18-13-19(24)10-11-22(18)25)23(29)14-21-16(2)26-28(17(21)3)20-8-6-5-7-9-20/h4-11,13H,1,12,14-15H2,2-3H3. The predicted molar refractivity (Wildman–Crippen MR) is 116 cm³/mol. The molecule has 1 heterocycles. The van der Waals surface area contributed by atoms with E-state index in [1.54, 1.807) is 23.1 Å². The Kier molecular flexibility index (Phi) is 6.64. The number of aryl methyl sites for hydroxylation is 1. The van der Waals surface area contributed by atoms with Gasteiger partial charge in [0.15, 0.2) is 0 Å². The summed E-state index contributed by atoms with van der Waals surface area (Å²) < 4.78 is 16.8. The summed E-state index contributed by atoms with van der Waals surface area (Å²) in [5.74, 6) is -0.428. The van der Waals surface area contributed by atoms with Gasteiger partial charge in [0.2, 0.25) is 5.91 Å². The molecule has 0 radical (unpaired) electrons. The normalized spacial score (nSPS) is 10.8. The highest BCUT2D eigenvalue weighted by atomic mass is 79.9. The topological polar surface area (TPSA) is 38.1 Å². The van der Waals surface area contributed by atoms with Crippen molar-refractivity contribution >= 4 is 21.8 Å².